The summed E-state index contributed by atoms with van der Waals surface area (Å²) in [5, 5.41) is 12.6. The van der Waals surface area contributed by atoms with Gasteiger partial charge in [0.1, 0.15) is 5.82 Å². The SMILES string of the molecule is COCC(C#N)(Nc1cc(C)cc(F)c1)C1CC1. The van der Waals surface area contributed by atoms with Gasteiger partial charge in [0.15, 0.2) is 5.54 Å². The summed E-state index contributed by atoms with van der Waals surface area (Å²) in [5.74, 6) is -0.0106. The van der Waals surface area contributed by atoms with Crippen LogP contribution < -0.4 is 5.32 Å². The van der Waals surface area contributed by atoms with Crippen LogP contribution in [0.15, 0.2) is 18.2 Å². The first kappa shape index (κ1) is 12.8. The molecule has 1 unspecified atom stereocenters. The van der Waals surface area contributed by atoms with Crippen molar-refractivity contribution in [1.29, 1.82) is 5.26 Å². The molecule has 0 saturated heterocycles. The monoisotopic (exact) mass is 248 g/mol. The fourth-order valence-corrected chi connectivity index (χ4v) is 2.28. The lowest BCUT2D eigenvalue weighted by atomic mass is 9.95. The van der Waals surface area contributed by atoms with E-state index in [1.165, 1.54) is 12.1 Å². The summed E-state index contributed by atoms with van der Waals surface area (Å²) in [4.78, 5) is 0. The first-order valence-corrected chi connectivity index (χ1v) is 6.05. The molecule has 1 N–H and O–H groups in total. The lowest BCUT2D eigenvalue weighted by Gasteiger charge is -2.28. The van der Waals surface area contributed by atoms with E-state index >= 15 is 0 Å². The first-order chi connectivity index (χ1) is 8.59. The number of anilines is 1. The van der Waals surface area contributed by atoms with E-state index in [-0.39, 0.29) is 11.7 Å². The van der Waals surface area contributed by atoms with E-state index in [1.807, 2.05) is 13.0 Å². The number of nitrogens with one attached hydrogen (secondary N) is 1. The molecule has 0 aliphatic heterocycles. The molecular formula is C14H17FN2O. The van der Waals surface area contributed by atoms with Crippen molar-refractivity contribution in [2.24, 2.45) is 5.92 Å². The van der Waals surface area contributed by atoms with Crippen LogP contribution >= 0.6 is 0 Å². The summed E-state index contributed by atoms with van der Waals surface area (Å²) in [6, 6.07) is 7.03. The molecule has 3 nitrogen and oxygen atoms in total. The molecule has 1 aliphatic rings. The molecule has 0 aromatic heterocycles. The topological polar surface area (TPSA) is 45.0 Å². The summed E-state index contributed by atoms with van der Waals surface area (Å²) in [6.07, 6.45) is 2.02. The second kappa shape index (κ2) is 4.95. The van der Waals surface area contributed by atoms with Gasteiger partial charge in [-0.1, -0.05) is 0 Å². The van der Waals surface area contributed by atoms with Crippen LogP contribution in [0, 0.1) is 30.0 Å². The van der Waals surface area contributed by atoms with Crippen molar-refractivity contribution in [2.75, 3.05) is 19.0 Å². The van der Waals surface area contributed by atoms with Crippen LogP contribution in [0.25, 0.3) is 0 Å². The Hall–Kier alpha value is -1.60. The molecule has 1 aromatic carbocycles. The number of halogens is 1. The third kappa shape index (κ3) is 2.62. The average molecular weight is 248 g/mol. The molecule has 1 atom stereocenters. The molecular weight excluding hydrogens is 231 g/mol. The van der Waals surface area contributed by atoms with Gasteiger partial charge < -0.3 is 10.1 Å². The Labute approximate surface area is 107 Å². The molecule has 1 aliphatic carbocycles. The second-order valence-corrected chi connectivity index (χ2v) is 4.93. The molecule has 4 heteroatoms. The molecule has 1 saturated carbocycles. The van der Waals surface area contributed by atoms with Gasteiger partial charge in [0.05, 0.1) is 12.7 Å². The van der Waals surface area contributed by atoms with Crippen LogP contribution in [-0.2, 0) is 4.74 Å². The molecule has 2 rings (SSSR count). The van der Waals surface area contributed by atoms with Gasteiger partial charge in [-0.25, -0.2) is 4.39 Å². The smallest absolute Gasteiger partial charge is 0.151 e. The quantitative estimate of drug-likeness (QED) is 0.871. The third-order valence-corrected chi connectivity index (χ3v) is 3.26. The van der Waals surface area contributed by atoms with Crippen molar-refractivity contribution in [3.63, 3.8) is 0 Å². The zero-order chi connectivity index (χ0) is 13.2. The highest BCUT2D eigenvalue weighted by atomic mass is 19.1. The van der Waals surface area contributed by atoms with Gasteiger partial charge >= 0.3 is 0 Å². The molecule has 1 aromatic rings. The van der Waals surface area contributed by atoms with Crippen LogP contribution in [0.4, 0.5) is 10.1 Å². The van der Waals surface area contributed by atoms with Crippen LogP contribution in [0.5, 0.6) is 0 Å². The minimum absolute atomic E-state index is 0.283. The van der Waals surface area contributed by atoms with Gasteiger partial charge in [-0.15, -0.1) is 0 Å². The van der Waals surface area contributed by atoms with Crippen LogP contribution in [0.2, 0.25) is 0 Å². The van der Waals surface area contributed by atoms with Gasteiger partial charge in [0.2, 0.25) is 0 Å². The Balaban J connectivity index is 2.25. The number of methoxy groups -OCH3 is 1. The van der Waals surface area contributed by atoms with Crippen LogP contribution in [0.1, 0.15) is 18.4 Å². The van der Waals surface area contributed by atoms with Crippen LogP contribution in [-0.4, -0.2) is 19.3 Å². The largest absolute Gasteiger partial charge is 0.381 e. The third-order valence-electron chi connectivity index (χ3n) is 3.26. The Morgan fingerprint density at radius 1 is 1.50 bits per heavy atom. The van der Waals surface area contributed by atoms with Crippen molar-refractivity contribution in [1.82, 2.24) is 0 Å². The standard InChI is InChI=1S/C14H17FN2O/c1-10-5-12(15)7-13(6-10)17-14(8-16,9-18-2)11-3-4-11/h5-7,11,17H,3-4,9H2,1-2H3. The maximum absolute atomic E-state index is 13.4. The summed E-state index contributed by atoms with van der Waals surface area (Å²) in [5.41, 5.74) is 0.727. The number of hydrogen-bond acceptors (Lipinski definition) is 3. The number of hydrogen-bond donors (Lipinski definition) is 1. The molecule has 1 fully saturated rings. The van der Waals surface area contributed by atoms with E-state index in [1.54, 1.807) is 7.11 Å². The zero-order valence-corrected chi connectivity index (χ0v) is 10.7. The number of aryl methyl sites for hydroxylation is 1. The Kier molecular flexibility index (Phi) is 3.53. The van der Waals surface area contributed by atoms with E-state index < -0.39 is 5.54 Å². The van der Waals surface area contributed by atoms with Gasteiger partial charge in [-0.3, -0.25) is 0 Å². The number of ether oxygens (including phenoxy) is 1. The Morgan fingerprint density at radius 2 is 2.22 bits per heavy atom. The predicted octanol–water partition coefficient (Wildman–Crippen LogP) is 2.86. The first-order valence-electron chi connectivity index (χ1n) is 6.05. The molecule has 18 heavy (non-hydrogen) atoms. The van der Waals surface area contributed by atoms with E-state index in [4.69, 9.17) is 4.74 Å². The summed E-state index contributed by atoms with van der Waals surface area (Å²) in [7, 11) is 1.58. The number of nitriles is 1. The average Bonchev–Trinajstić information content (AvgIpc) is 3.11. The van der Waals surface area contributed by atoms with E-state index in [0.717, 1.165) is 18.4 Å². The number of rotatable bonds is 5. The van der Waals surface area contributed by atoms with E-state index in [9.17, 15) is 9.65 Å². The van der Waals surface area contributed by atoms with Crippen molar-refractivity contribution >= 4 is 5.69 Å². The minimum atomic E-state index is -0.741. The molecule has 0 spiro atoms. The zero-order valence-electron chi connectivity index (χ0n) is 10.7. The maximum Gasteiger partial charge on any atom is 0.151 e. The Morgan fingerprint density at radius 3 is 2.72 bits per heavy atom. The highest BCUT2D eigenvalue weighted by molar-refractivity contribution is 5.51. The van der Waals surface area contributed by atoms with Crippen molar-refractivity contribution in [3.05, 3.63) is 29.6 Å². The Bertz CT molecular complexity index is 459. The van der Waals surface area contributed by atoms with Gasteiger partial charge in [-0.05, 0) is 49.4 Å². The molecule has 0 bridgehead atoms. The summed E-state index contributed by atoms with van der Waals surface area (Å²) >= 11 is 0. The van der Waals surface area contributed by atoms with Gasteiger partial charge in [0.25, 0.3) is 0 Å². The van der Waals surface area contributed by atoms with Crippen LogP contribution in [0.3, 0.4) is 0 Å². The minimum Gasteiger partial charge on any atom is -0.381 e. The lowest BCUT2D eigenvalue weighted by molar-refractivity contribution is 0.155. The summed E-state index contributed by atoms with van der Waals surface area (Å²) < 4.78 is 18.5. The van der Waals surface area contributed by atoms with Crippen molar-refractivity contribution in [3.8, 4) is 6.07 Å². The predicted molar refractivity (Wildman–Crippen MR) is 67.7 cm³/mol. The highest BCUT2D eigenvalue weighted by Gasteiger charge is 2.46. The highest BCUT2D eigenvalue weighted by Crippen LogP contribution is 2.41. The van der Waals surface area contributed by atoms with Crippen molar-refractivity contribution in [2.45, 2.75) is 25.3 Å². The van der Waals surface area contributed by atoms with Gasteiger partial charge in [-0.2, -0.15) is 5.26 Å². The van der Waals surface area contributed by atoms with E-state index in [2.05, 4.69) is 11.4 Å². The molecule has 0 amide bonds. The molecule has 0 heterocycles. The summed E-state index contributed by atoms with van der Waals surface area (Å²) in [6.45, 7) is 2.14. The van der Waals surface area contributed by atoms with Gasteiger partial charge in [0, 0.05) is 12.8 Å². The molecule has 0 radical (unpaired) electrons. The normalized spacial score (nSPS) is 17.9. The number of benzene rings is 1. The number of nitrogens with zero attached hydrogens (tertiary/aromatic N) is 1. The van der Waals surface area contributed by atoms with Crippen molar-refractivity contribution < 1.29 is 9.13 Å². The lowest BCUT2D eigenvalue weighted by Crippen LogP contribution is -2.43. The second-order valence-electron chi connectivity index (χ2n) is 4.93. The van der Waals surface area contributed by atoms with E-state index in [0.29, 0.717) is 12.3 Å². The molecule has 96 valence electrons. The fourth-order valence-electron chi connectivity index (χ4n) is 2.28. The maximum atomic E-state index is 13.4. The fraction of sp³-hybridized carbons (Fsp3) is 0.500.